The Morgan fingerprint density at radius 3 is 0.923 bits per heavy atom. The zero-order chi connectivity index (χ0) is 77.9. The van der Waals surface area contributed by atoms with Crippen molar-refractivity contribution in [3.05, 3.63) is 400 Å². The Hall–Kier alpha value is -14.4. The van der Waals surface area contributed by atoms with Crippen LogP contribution in [0, 0.1) is 0 Å². The lowest BCUT2D eigenvalue weighted by Gasteiger charge is -2.23. The Morgan fingerprint density at radius 1 is 0.188 bits per heavy atom. The van der Waals surface area contributed by atoms with Gasteiger partial charge in [-0.1, -0.05) is 291 Å². The fraction of sp³-hybridized carbons (Fsp3) is 0. The van der Waals surface area contributed by atoms with Gasteiger partial charge >= 0.3 is 0 Å². The highest BCUT2D eigenvalue weighted by Crippen LogP contribution is 2.49. The van der Waals surface area contributed by atoms with Crippen LogP contribution < -0.4 is 47.7 Å². The van der Waals surface area contributed by atoms with Crippen LogP contribution in [0.1, 0.15) is 0 Å². The largest absolute Gasteiger partial charge is 0.309 e. The van der Waals surface area contributed by atoms with Gasteiger partial charge in [0, 0.05) is 96.2 Å². The normalized spacial score (nSPS) is 12.2. The summed E-state index contributed by atoms with van der Waals surface area (Å²) in [6, 6.07) is 133. The average Bonchev–Trinajstić information content (AvgIpc) is 1.67. The van der Waals surface area contributed by atoms with Crippen molar-refractivity contribution in [3.63, 3.8) is 0 Å². The first kappa shape index (κ1) is 69.4. The van der Waals surface area contributed by atoms with Crippen LogP contribution in [0.5, 0.6) is 0 Å². The maximum absolute atomic E-state index is 15.6. The maximum atomic E-state index is 15.6. The number of benzene rings is 15. The summed E-state index contributed by atoms with van der Waals surface area (Å²) in [5.74, 6) is 0. The van der Waals surface area contributed by atoms with Crippen molar-refractivity contribution in [2.24, 2.45) is 0 Å². The van der Waals surface area contributed by atoms with E-state index in [-0.39, 0.29) is 0 Å². The molecular formula is C102H66N9O3P3. The monoisotopic (exact) mass is 1560 g/mol. The van der Waals surface area contributed by atoms with E-state index in [4.69, 9.17) is 29.9 Å². The second-order valence-corrected chi connectivity index (χ2v) is 37.7. The molecule has 24 aromatic rings. The Labute approximate surface area is 670 Å². The number of nitrogens with zero attached hydrogens (tertiary/aromatic N) is 9. The Bertz CT molecular complexity index is 8110. The van der Waals surface area contributed by atoms with Crippen molar-refractivity contribution in [1.82, 2.24) is 43.1 Å². The van der Waals surface area contributed by atoms with Gasteiger partial charge < -0.3 is 13.7 Å². The van der Waals surface area contributed by atoms with Crippen molar-refractivity contribution >= 4 is 217 Å². The van der Waals surface area contributed by atoms with E-state index in [9.17, 15) is 0 Å². The lowest BCUT2D eigenvalue weighted by molar-refractivity contribution is 0.591. The molecule has 0 saturated carbocycles. The predicted octanol–water partition coefficient (Wildman–Crippen LogP) is 20.9. The molecular weight excluding hydrogens is 1490 g/mol. The number of hydrogen-bond donors (Lipinski definition) is 0. The van der Waals surface area contributed by atoms with E-state index in [0.717, 1.165) is 196 Å². The van der Waals surface area contributed by atoms with Crippen molar-refractivity contribution in [3.8, 4) is 0 Å². The van der Waals surface area contributed by atoms with Crippen molar-refractivity contribution in [2.45, 2.75) is 0 Å². The summed E-state index contributed by atoms with van der Waals surface area (Å²) < 4.78 is 52.6. The van der Waals surface area contributed by atoms with Gasteiger partial charge in [0.05, 0.1) is 82.8 Å². The van der Waals surface area contributed by atoms with Gasteiger partial charge in [-0.2, -0.15) is 0 Å². The minimum absolute atomic E-state index is 0.780. The van der Waals surface area contributed by atoms with Crippen molar-refractivity contribution < 1.29 is 13.7 Å². The summed E-state index contributed by atoms with van der Waals surface area (Å²) in [4.78, 5) is 30.6. The molecule has 0 aliphatic rings. The van der Waals surface area contributed by atoms with Gasteiger partial charge in [-0.05, 0) is 109 Å². The second kappa shape index (κ2) is 27.7. The van der Waals surface area contributed by atoms with Crippen molar-refractivity contribution in [1.29, 1.82) is 0 Å². The van der Waals surface area contributed by atoms with Gasteiger partial charge in [0.2, 0.25) is 0 Å². The quantitative estimate of drug-likeness (QED) is 0.0784. The van der Waals surface area contributed by atoms with E-state index < -0.39 is 21.4 Å². The summed E-state index contributed by atoms with van der Waals surface area (Å²) in [5.41, 5.74) is 16.5. The van der Waals surface area contributed by atoms with E-state index in [0.29, 0.717) is 0 Å². The molecule has 9 aromatic heterocycles. The van der Waals surface area contributed by atoms with Gasteiger partial charge in [-0.25, -0.2) is 29.9 Å². The average molecular weight is 1560 g/mol. The van der Waals surface area contributed by atoms with Crippen LogP contribution in [0.2, 0.25) is 0 Å². The number of fused-ring (bicyclic) bond motifs is 27. The molecule has 0 radical (unpaired) electrons. The van der Waals surface area contributed by atoms with Crippen LogP contribution in [0.4, 0.5) is 0 Å². The van der Waals surface area contributed by atoms with E-state index in [2.05, 4.69) is 98.1 Å². The second-order valence-electron chi connectivity index (χ2n) is 29.4. The third kappa shape index (κ3) is 11.1. The number of para-hydroxylation sites is 10. The number of imidazole rings is 3. The molecule has 0 spiro atoms. The highest BCUT2D eigenvalue weighted by atomic mass is 31.2. The standard InChI is InChI=1S/3C34H22N3OP/c38-39(24-13-3-1-4-14-24,25-15-5-2-6-16-25)31-21-11-17-26-32-27(22-23-12-7-8-18-28(23)35-32)34-36-29-19-9-10-20-30(29)37(34)33(26)31;38-39(24-12-3-1-4-13-24,25-14-5-2-6-15-25)26-19-20-31-27(22-26)33-28(21-23-11-7-8-16-29(23)35-33)34-36-30-17-9-10-18-32(30)37(31)34;38-39(24-12-3-1-4-13-24,25-14-5-2-6-15-25)26-19-20-27-32(22-26)37-31-18-10-9-17-30(31)36-34(37)28-21-23-11-7-8-16-29(23)35-33(27)28/h3*1-22H. The van der Waals surface area contributed by atoms with E-state index >= 15 is 13.7 Å². The van der Waals surface area contributed by atoms with Crippen LogP contribution >= 0.6 is 21.4 Å². The Balaban J connectivity index is 0.000000106. The molecule has 15 aromatic carbocycles. The number of rotatable bonds is 9. The van der Waals surface area contributed by atoms with Crippen molar-refractivity contribution in [2.75, 3.05) is 0 Å². The lowest BCUT2D eigenvalue weighted by Crippen LogP contribution is -2.26. The molecule has 9 heterocycles. The molecule has 117 heavy (non-hydrogen) atoms. The fourth-order valence-corrected chi connectivity index (χ4v) is 25.6. The lowest BCUT2D eigenvalue weighted by atomic mass is 10.1. The molecule has 0 N–H and O–H groups in total. The molecule has 15 heteroatoms. The zero-order valence-corrected chi connectivity index (χ0v) is 65.4. The maximum Gasteiger partial charge on any atom is 0.173 e. The molecule has 0 aliphatic heterocycles. The molecule has 0 saturated heterocycles. The molecule has 0 aliphatic carbocycles. The van der Waals surface area contributed by atoms with Gasteiger partial charge in [-0.15, -0.1) is 0 Å². The summed E-state index contributed by atoms with van der Waals surface area (Å²) in [6.07, 6.45) is 0. The van der Waals surface area contributed by atoms with Gasteiger partial charge in [0.15, 0.2) is 21.4 Å². The number of pyridine rings is 6. The first-order chi connectivity index (χ1) is 57.7. The molecule has 0 bridgehead atoms. The Kier molecular flexibility index (Phi) is 16.4. The van der Waals surface area contributed by atoms with Crippen LogP contribution in [0.15, 0.2) is 400 Å². The highest BCUT2D eigenvalue weighted by Gasteiger charge is 2.36. The molecule has 0 fully saturated rings. The van der Waals surface area contributed by atoms with Gasteiger partial charge in [-0.3, -0.25) is 13.2 Å². The highest BCUT2D eigenvalue weighted by molar-refractivity contribution is 7.86. The van der Waals surface area contributed by atoms with Crippen LogP contribution in [0.3, 0.4) is 0 Å². The summed E-state index contributed by atoms with van der Waals surface area (Å²) in [7, 11) is -9.59. The SMILES string of the molecule is O=P(c1ccccc1)(c1ccccc1)c1ccc2c(c1)c1nc3ccccc3cc1c1nc3ccccc3n21.O=P(c1ccccc1)(c1ccccc1)c1ccc2c3nc4ccccc4cc3c3nc4ccccc4n3c2c1.O=P(c1ccccc1)(c1ccccc1)c1cccc2c3nc4ccccc4cc3c3nc4ccccc4n3c12. The summed E-state index contributed by atoms with van der Waals surface area (Å²) in [6.45, 7) is 0. The third-order valence-corrected chi connectivity index (χ3v) is 32.0. The number of hydrogen-bond acceptors (Lipinski definition) is 9. The van der Waals surface area contributed by atoms with Crippen LogP contribution in [0.25, 0.3) is 148 Å². The van der Waals surface area contributed by atoms with E-state index in [1.807, 2.05) is 315 Å². The van der Waals surface area contributed by atoms with E-state index in [1.54, 1.807) is 0 Å². The first-order valence-electron chi connectivity index (χ1n) is 38.9. The smallest absolute Gasteiger partial charge is 0.173 e. The molecule has 0 unspecified atom stereocenters. The van der Waals surface area contributed by atoms with E-state index in [1.165, 1.54) is 0 Å². The molecule has 0 amide bonds. The number of aromatic nitrogens is 9. The first-order valence-corrected chi connectivity index (χ1v) is 44.0. The van der Waals surface area contributed by atoms with Crippen LogP contribution in [-0.4, -0.2) is 43.1 Å². The summed E-state index contributed by atoms with van der Waals surface area (Å²) >= 11 is 0. The third-order valence-electron chi connectivity index (χ3n) is 22.8. The summed E-state index contributed by atoms with van der Waals surface area (Å²) in [5, 5.41) is 16.3. The fourth-order valence-electron chi connectivity index (χ4n) is 17.4. The zero-order valence-electron chi connectivity index (χ0n) is 62.7. The van der Waals surface area contributed by atoms with Crippen LogP contribution in [-0.2, 0) is 13.7 Å². The van der Waals surface area contributed by atoms with Gasteiger partial charge in [0.25, 0.3) is 0 Å². The molecule has 12 nitrogen and oxygen atoms in total. The minimum atomic E-state index is -3.28. The Morgan fingerprint density at radius 2 is 0.504 bits per heavy atom. The van der Waals surface area contributed by atoms with Gasteiger partial charge in [0.1, 0.15) is 16.9 Å². The minimum Gasteiger partial charge on any atom is -0.309 e. The molecule has 0 atom stereocenters. The predicted molar refractivity (Wildman–Crippen MR) is 487 cm³/mol. The topological polar surface area (TPSA) is 142 Å². The molecule has 24 rings (SSSR count). The molecule has 552 valence electrons.